The summed E-state index contributed by atoms with van der Waals surface area (Å²) in [6, 6.07) is 9.97. The first kappa shape index (κ1) is 20.3. The lowest BCUT2D eigenvalue weighted by Crippen LogP contribution is -2.16. The lowest BCUT2D eigenvalue weighted by molar-refractivity contribution is 0.102. The van der Waals surface area contributed by atoms with Crippen LogP contribution in [0.4, 0.5) is 15.9 Å². The molecule has 8 nitrogen and oxygen atoms in total. The van der Waals surface area contributed by atoms with Crippen molar-refractivity contribution < 1.29 is 13.9 Å². The van der Waals surface area contributed by atoms with Crippen molar-refractivity contribution in [2.45, 2.75) is 26.5 Å². The maximum Gasteiger partial charge on any atom is 0.259 e. The average molecular weight is 420 g/mol. The third-order valence-corrected chi connectivity index (χ3v) is 4.47. The van der Waals surface area contributed by atoms with Crippen LogP contribution in [0.5, 0.6) is 5.75 Å². The zero-order chi connectivity index (χ0) is 21.8. The molecule has 0 fully saturated rings. The van der Waals surface area contributed by atoms with Crippen molar-refractivity contribution in [1.82, 2.24) is 20.2 Å². The summed E-state index contributed by atoms with van der Waals surface area (Å²) in [5.74, 6) is -0.106. The highest BCUT2D eigenvalue weighted by atomic mass is 19.1. The van der Waals surface area contributed by atoms with Gasteiger partial charge in [0.25, 0.3) is 5.91 Å². The lowest BCUT2D eigenvalue weighted by Gasteiger charge is -2.13. The van der Waals surface area contributed by atoms with Crippen LogP contribution in [0.1, 0.15) is 29.8 Å². The Morgan fingerprint density at radius 1 is 1.16 bits per heavy atom. The van der Waals surface area contributed by atoms with Crippen molar-refractivity contribution in [3.8, 4) is 5.75 Å². The van der Waals surface area contributed by atoms with Gasteiger partial charge in [-0.15, -0.1) is 0 Å². The van der Waals surface area contributed by atoms with Gasteiger partial charge in [0.15, 0.2) is 5.65 Å². The SMILES string of the molecule is CC(C)Oc1ccc(NC(=O)c2cc(F)cnc2NCc2ccnc3[nH]ncc23)cc1. The molecular weight excluding hydrogens is 399 g/mol. The Kier molecular flexibility index (Phi) is 5.74. The highest BCUT2D eigenvalue weighted by molar-refractivity contribution is 6.07. The molecule has 4 rings (SSSR count). The van der Waals surface area contributed by atoms with E-state index in [1.807, 2.05) is 19.9 Å². The number of hydrogen-bond acceptors (Lipinski definition) is 6. The predicted octanol–water partition coefficient (Wildman–Crippen LogP) is 4.14. The molecule has 4 aromatic rings. The van der Waals surface area contributed by atoms with Crippen LogP contribution in [-0.4, -0.2) is 32.2 Å². The largest absolute Gasteiger partial charge is 0.491 e. The van der Waals surface area contributed by atoms with Crippen molar-refractivity contribution in [3.63, 3.8) is 0 Å². The van der Waals surface area contributed by atoms with Gasteiger partial charge in [-0.1, -0.05) is 0 Å². The fraction of sp³-hybridized carbons (Fsp3) is 0.182. The number of fused-ring (bicyclic) bond motifs is 1. The highest BCUT2D eigenvalue weighted by Gasteiger charge is 2.15. The van der Waals surface area contributed by atoms with E-state index < -0.39 is 11.7 Å². The first-order valence-electron chi connectivity index (χ1n) is 9.74. The van der Waals surface area contributed by atoms with Gasteiger partial charge < -0.3 is 15.4 Å². The highest BCUT2D eigenvalue weighted by Crippen LogP contribution is 2.21. The van der Waals surface area contributed by atoms with Gasteiger partial charge in [-0.3, -0.25) is 9.89 Å². The van der Waals surface area contributed by atoms with Crippen molar-refractivity contribution in [2.75, 3.05) is 10.6 Å². The van der Waals surface area contributed by atoms with E-state index in [-0.39, 0.29) is 17.5 Å². The molecule has 9 heteroatoms. The molecule has 0 radical (unpaired) electrons. The third-order valence-electron chi connectivity index (χ3n) is 4.47. The van der Waals surface area contributed by atoms with E-state index in [2.05, 4.69) is 30.8 Å². The van der Waals surface area contributed by atoms with Gasteiger partial charge in [0.05, 0.1) is 24.1 Å². The second-order valence-corrected chi connectivity index (χ2v) is 7.15. The smallest absolute Gasteiger partial charge is 0.259 e. The number of anilines is 2. The monoisotopic (exact) mass is 420 g/mol. The number of H-pyrrole nitrogens is 1. The molecule has 0 aliphatic carbocycles. The molecule has 0 saturated heterocycles. The summed E-state index contributed by atoms with van der Waals surface area (Å²) >= 11 is 0. The maximum atomic E-state index is 13.8. The number of aromatic nitrogens is 4. The number of rotatable bonds is 7. The molecule has 0 saturated carbocycles. The van der Waals surface area contributed by atoms with Crippen molar-refractivity contribution in [2.24, 2.45) is 0 Å². The van der Waals surface area contributed by atoms with E-state index in [4.69, 9.17) is 4.74 Å². The standard InChI is InChI=1S/C22H21FN6O2/c1-13(2)31-17-5-3-16(4-6-17)28-22(30)18-9-15(23)11-26-20(18)25-10-14-7-8-24-21-19(14)12-27-29-21/h3-9,11-13H,10H2,1-2H3,(H,25,26)(H,28,30)(H,24,27,29). The Morgan fingerprint density at radius 3 is 2.74 bits per heavy atom. The molecule has 3 aromatic heterocycles. The number of carbonyl (C=O) groups excluding carboxylic acids is 1. The number of pyridine rings is 2. The number of aromatic amines is 1. The quantitative estimate of drug-likeness (QED) is 0.415. The third kappa shape index (κ3) is 4.77. The summed E-state index contributed by atoms with van der Waals surface area (Å²) in [6.07, 6.45) is 4.46. The van der Waals surface area contributed by atoms with Gasteiger partial charge in [0.2, 0.25) is 0 Å². The zero-order valence-electron chi connectivity index (χ0n) is 17.0. The summed E-state index contributed by atoms with van der Waals surface area (Å²) in [7, 11) is 0. The minimum atomic E-state index is -0.600. The molecule has 0 aliphatic rings. The number of carbonyl (C=O) groups is 1. The van der Waals surface area contributed by atoms with E-state index >= 15 is 0 Å². The fourth-order valence-electron chi connectivity index (χ4n) is 3.08. The Balaban J connectivity index is 1.51. The molecule has 1 aromatic carbocycles. The molecule has 3 N–H and O–H groups in total. The number of nitrogens with zero attached hydrogens (tertiary/aromatic N) is 3. The van der Waals surface area contributed by atoms with Gasteiger partial charge in [-0.25, -0.2) is 14.4 Å². The van der Waals surface area contributed by atoms with Gasteiger partial charge in [-0.05, 0) is 55.8 Å². The topological polar surface area (TPSA) is 105 Å². The molecule has 1 amide bonds. The van der Waals surface area contributed by atoms with Crippen LogP contribution < -0.4 is 15.4 Å². The normalized spacial score (nSPS) is 11.0. The van der Waals surface area contributed by atoms with Crippen LogP contribution in [0.25, 0.3) is 11.0 Å². The summed E-state index contributed by atoms with van der Waals surface area (Å²) < 4.78 is 19.4. The first-order valence-corrected chi connectivity index (χ1v) is 9.74. The summed E-state index contributed by atoms with van der Waals surface area (Å²) in [6.45, 7) is 4.23. The van der Waals surface area contributed by atoms with Gasteiger partial charge >= 0.3 is 0 Å². The molecule has 0 spiro atoms. The number of amides is 1. The van der Waals surface area contributed by atoms with Crippen LogP contribution in [0.3, 0.4) is 0 Å². The number of ether oxygens (including phenoxy) is 1. The number of halogens is 1. The Bertz CT molecular complexity index is 1210. The molecule has 0 aliphatic heterocycles. The zero-order valence-corrected chi connectivity index (χ0v) is 17.0. The van der Waals surface area contributed by atoms with E-state index in [9.17, 15) is 9.18 Å². The van der Waals surface area contributed by atoms with E-state index in [1.54, 1.807) is 36.7 Å². The second kappa shape index (κ2) is 8.78. The van der Waals surface area contributed by atoms with Gasteiger partial charge in [-0.2, -0.15) is 5.10 Å². The minimum absolute atomic E-state index is 0.0520. The van der Waals surface area contributed by atoms with Crippen molar-refractivity contribution in [1.29, 1.82) is 0 Å². The van der Waals surface area contributed by atoms with Crippen LogP contribution in [0.2, 0.25) is 0 Å². The summed E-state index contributed by atoms with van der Waals surface area (Å²) in [4.78, 5) is 21.1. The maximum absolute atomic E-state index is 13.8. The predicted molar refractivity (Wildman–Crippen MR) is 116 cm³/mol. The summed E-state index contributed by atoms with van der Waals surface area (Å²) in [5, 5.41) is 13.5. The number of nitrogens with one attached hydrogen (secondary N) is 3. The Hall–Kier alpha value is -4.01. The number of hydrogen-bond donors (Lipinski definition) is 3. The van der Waals surface area contributed by atoms with Crippen molar-refractivity contribution in [3.05, 3.63) is 71.9 Å². The molecular formula is C22H21FN6O2. The number of benzene rings is 1. The minimum Gasteiger partial charge on any atom is -0.491 e. The fourth-order valence-corrected chi connectivity index (χ4v) is 3.08. The molecule has 158 valence electrons. The van der Waals surface area contributed by atoms with E-state index in [1.165, 1.54) is 0 Å². The van der Waals surface area contributed by atoms with Gasteiger partial charge in [0, 0.05) is 23.8 Å². The lowest BCUT2D eigenvalue weighted by atomic mass is 10.2. The average Bonchev–Trinajstić information content (AvgIpc) is 3.23. The van der Waals surface area contributed by atoms with Crippen LogP contribution >= 0.6 is 0 Å². The summed E-state index contributed by atoms with van der Waals surface area (Å²) in [5.41, 5.74) is 2.23. The van der Waals surface area contributed by atoms with Crippen LogP contribution in [0, 0.1) is 5.82 Å². The van der Waals surface area contributed by atoms with Crippen LogP contribution in [0.15, 0.2) is 55.0 Å². The van der Waals surface area contributed by atoms with Crippen molar-refractivity contribution >= 4 is 28.4 Å². The molecule has 31 heavy (non-hydrogen) atoms. The molecule has 0 atom stereocenters. The molecule has 0 bridgehead atoms. The van der Waals surface area contributed by atoms with Crippen LogP contribution in [-0.2, 0) is 6.54 Å². The van der Waals surface area contributed by atoms with Gasteiger partial charge in [0.1, 0.15) is 17.4 Å². The molecule has 3 heterocycles. The first-order chi connectivity index (χ1) is 15.0. The Morgan fingerprint density at radius 2 is 1.97 bits per heavy atom. The van der Waals surface area contributed by atoms with E-state index in [0.717, 1.165) is 23.2 Å². The Labute approximate surface area is 177 Å². The second-order valence-electron chi connectivity index (χ2n) is 7.15. The molecule has 0 unspecified atom stereocenters. The van der Waals surface area contributed by atoms with E-state index in [0.29, 0.717) is 23.6 Å².